The number of hydrogen-bond acceptors (Lipinski definition) is 3. The van der Waals surface area contributed by atoms with Crippen LogP contribution in [-0.4, -0.2) is 28.8 Å². The topological polar surface area (TPSA) is 41.3 Å². The van der Waals surface area contributed by atoms with Gasteiger partial charge in [-0.15, -0.1) is 0 Å². The van der Waals surface area contributed by atoms with Crippen LogP contribution in [0.5, 0.6) is 0 Å². The van der Waals surface area contributed by atoms with Crippen LogP contribution < -0.4 is 4.90 Å². The van der Waals surface area contributed by atoms with Gasteiger partial charge >= 0.3 is 0 Å². The third-order valence-electron chi connectivity index (χ3n) is 4.08. The molecule has 118 valence electrons. The molecule has 0 aliphatic heterocycles. The predicted octanol–water partition coefficient (Wildman–Crippen LogP) is 2.89. The van der Waals surface area contributed by atoms with Crippen molar-refractivity contribution in [2.75, 3.05) is 19.0 Å². The maximum absolute atomic E-state index is 11.5. The third-order valence-corrected chi connectivity index (χ3v) is 4.08. The van der Waals surface area contributed by atoms with Gasteiger partial charge in [-0.05, 0) is 23.3 Å². The van der Waals surface area contributed by atoms with E-state index >= 15 is 0 Å². The Morgan fingerprint density at radius 1 is 1.00 bits per heavy atom. The first-order chi connectivity index (χ1) is 11.1. The van der Waals surface area contributed by atoms with Gasteiger partial charge in [0.1, 0.15) is 5.60 Å². The van der Waals surface area contributed by atoms with E-state index in [-0.39, 0.29) is 0 Å². The molecule has 0 saturated carbocycles. The summed E-state index contributed by atoms with van der Waals surface area (Å²) in [4.78, 5) is 6.12. The number of nitrogens with zero attached hydrogens (tertiary/aromatic N) is 3. The molecule has 1 aromatic heterocycles. The molecule has 0 aliphatic rings. The lowest BCUT2D eigenvalue weighted by Crippen LogP contribution is -2.32. The fraction of sp³-hybridized carbons (Fsp3) is 0.211. The van der Waals surface area contributed by atoms with Gasteiger partial charge in [0.25, 0.3) is 0 Å². The Morgan fingerprint density at radius 3 is 2.22 bits per heavy atom. The molecule has 4 heteroatoms. The van der Waals surface area contributed by atoms with Crippen LogP contribution in [0.15, 0.2) is 73.3 Å². The fourth-order valence-electron chi connectivity index (χ4n) is 2.74. The molecule has 3 rings (SSSR count). The monoisotopic (exact) mass is 307 g/mol. The van der Waals surface area contributed by atoms with Gasteiger partial charge in [-0.25, -0.2) is 4.98 Å². The van der Waals surface area contributed by atoms with E-state index < -0.39 is 5.60 Å². The summed E-state index contributed by atoms with van der Waals surface area (Å²) in [6.07, 6.45) is 5.31. The molecule has 0 radical (unpaired) electrons. The van der Waals surface area contributed by atoms with E-state index in [1.807, 2.05) is 84.4 Å². The van der Waals surface area contributed by atoms with Gasteiger partial charge in [0, 0.05) is 32.2 Å². The maximum atomic E-state index is 11.5. The van der Waals surface area contributed by atoms with Crippen LogP contribution >= 0.6 is 0 Å². The van der Waals surface area contributed by atoms with E-state index in [0.717, 1.165) is 16.8 Å². The number of aromatic nitrogens is 2. The number of aliphatic hydroxyl groups is 1. The van der Waals surface area contributed by atoms with E-state index in [1.54, 1.807) is 12.5 Å². The highest BCUT2D eigenvalue weighted by molar-refractivity contribution is 5.48. The molecular weight excluding hydrogens is 286 g/mol. The van der Waals surface area contributed by atoms with Gasteiger partial charge in [0.05, 0.1) is 12.9 Å². The molecule has 0 bridgehead atoms. The van der Waals surface area contributed by atoms with Crippen LogP contribution in [0, 0.1) is 0 Å². The lowest BCUT2D eigenvalue weighted by molar-refractivity contribution is 0.0612. The van der Waals surface area contributed by atoms with Gasteiger partial charge in [-0.3, -0.25) is 0 Å². The Morgan fingerprint density at radius 2 is 1.65 bits per heavy atom. The van der Waals surface area contributed by atoms with Crippen molar-refractivity contribution in [2.45, 2.75) is 12.1 Å². The summed E-state index contributed by atoms with van der Waals surface area (Å²) < 4.78 is 1.90. The Balaban J connectivity index is 2.04. The summed E-state index contributed by atoms with van der Waals surface area (Å²) in [5, 5.41) is 11.5. The van der Waals surface area contributed by atoms with Crippen molar-refractivity contribution in [3.05, 3.63) is 84.4 Å². The first-order valence-corrected chi connectivity index (χ1v) is 7.61. The number of benzene rings is 2. The lowest BCUT2D eigenvalue weighted by atomic mass is 9.86. The SMILES string of the molecule is CN(C)c1ccc(C(O)(Cn2ccnc2)c2ccccc2)cc1. The summed E-state index contributed by atoms with van der Waals surface area (Å²) >= 11 is 0. The highest BCUT2D eigenvalue weighted by atomic mass is 16.3. The molecule has 1 atom stereocenters. The molecule has 3 aromatic rings. The second kappa shape index (κ2) is 6.26. The molecule has 0 fully saturated rings. The molecule has 0 amide bonds. The van der Waals surface area contributed by atoms with Crippen molar-refractivity contribution in [3.8, 4) is 0 Å². The van der Waals surface area contributed by atoms with E-state index in [0.29, 0.717) is 6.54 Å². The largest absolute Gasteiger partial charge is 0.378 e. The number of imidazole rings is 1. The van der Waals surface area contributed by atoms with Gasteiger partial charge in [0.2, 0.25) is 0 Å². The number of rotatable bonds is 5. The average molecular weight is 307 g/mol. The third kappa shape index (κ3) is 3.12. The number of anilines is 1. The van der Waals surface area contributed by atoms with Crippen molar-refractivity contribution in [2.24, 2.45) is 0 Å². The van der Waals surface area contributed by atoms with E-state index in [9.17, 15) is 5.11 Å². The van der Waals surface area contributed by atoms with Crippen LogP contribution in [0.25, 0.3) is 0 Å². The zero-order chi connectivity index (χ0) is 16.3. The minimum Gasteiger partial charge on any atom is -0.378 e. The predicted molar refractivity (Wildman–Crippen MR) is 92.4 cm³/mol. The summed E-state index contributed by atoms with van der Waals surface area (Å²) in [7, 11) is 4.01. The van der Waals surface area contributed by atoms with Crippen LogP contribution in [0.2, 0.25) is 0 Å². The molecule has 1 heterocycles. The molecule has 1 N–H and O–H groups in total. The summed E-state index contributed by atoms with van der Waals surface area (Å²) in [6.45, 7) is 0.415. The van der Waals surface area contributed by atoms with E-state index in [2.05, 4.69) is 4.98 Å². The van der Waals surface area contributed by atoms with Crippen LogP contribution in [0.3, 0.4) is 0 Å². The van der Waals surface area contributed by atoms with Gasteiger partial charge in [-0.2, -0.15) is 0 Å². The van der Waals surface area contributed by atoms with Crippen molar-refractivity contribution >= 4 is 5.69 Å². The lowest BCUT2D eigenvalue weighted by Gasteiger charge is -2.30. The summed E-state index contributed by atoms with van der Waals surface area (Å²) in [5.74, 6) is 0. The molecule has 0 aliphatic carbocycles. The highest BCUT2D eigenvalue weighted by Crippen LogP contribution is 2.32. The van der Waals surface area contributed by atoms with Crippen molar-refractivity contribution < 1.29 is 5.11 Å². The van der Waals surface area contributed by atoms with E-state index in [4.69, 9.17) is 0 Å². The zero-order valence-corrected chi connectivity index (χ0v) is 13.4. The normalized spacial score (nSPS) is 13.5. The quantitative estimate of drug-likeness (QED) is 0.788. The first-order valence-electron chi connectivity index (χ1n) is 7.61. The Kier molecular flexibility index (Phi) is 4.17. The first kappa shape index (κ1) is 15.3. The minimum absolute atomic E-state index is 0.415. The Bertz CT molecular complexity index is 736. The standard InChI is InChI=1S/C19H21N3O/c1-21(2)18-10-8-17(9-11-18)19(23,14-22-13-12-20-15-22)16-6-4-3-5-7-16/h3-13,15,23H,14H2,1-2H3. The molecule has 23 heavy (non-hydrogen) atoms. The second-order valence-electron chi connectivity index (χ2n) is 5.90. The summed E-state index contributed by atoms with van der Waals surface area (Å²) in [5.41, 5.74) is 1.73. The molecule has 0 saturated heterocycles. The Hall–Kier alpha value is -2.59. The smallest absolute Gasteiger partial charge is 0.132 e. The van der Waals surface area contributed by atoms with Gasteiger partial charge < -0.3 is 14.6 Å². The number of hydrogen-bond donors (Lipinski definition) is 1. The van der Waals surface area contributed by atoms with E-state index in [1.165, 1.54) is 0 Å². The maximum Gasteiger partial charge on any atom is 0.132 e. The molecule has 4 nitrogen and oxygen atoms in total. The molecule has 1 unspecified atom stereocenters. The van der Waals surface area contributed by atoms with Crippen molar-refractivity contribution in [1.29, 1.82) is 0 Å². The van der Waals surface area contributed by atoms with Crippen LogP contribution in [0.4, 0.5) is 5.69 Å². The average Bonchev–Trinajstić information content (AvgIpc) is 3.08. The van der Waals surface area contributed by atoms with Crippen LogP contribution in [-0.2, 0) is 12.1 Å². The van der Waals surface area contributed by atoms with Crippen LogP contribution in [0.1, 0.15) is 11.1 Å². The molecule has 0 spiro atoms. The zero-order valence-electron chi connectivity index (χ0n) is 13.4. The van der Waals surface area contributed by atoms with Gasteiger partial charge in [-0.1, -0.05) is 42.5 Å². The minimum atomic E-state index is -1.10. The second-order valence-corrected chi connectivity index (χ2v) is 5.90. The van der Waals surface area contributed by atoms with Crippen molar-refractivity contribution in [3.63, 3.8) is 0 Å². The summed E-state index contributed by atoms with van der Waals surface area (Å²) in [6, 6.07) is 17.8. The highest BCUT2D eigenvalue weighted by Gasteiger charge is 2.32. The van der Waals surface area contributed by atoms with Crippen molar-refractivity contribution in [1.82, 2.24) is 9.55 Å². The fourth-order valence-corrected chi connectivity index (χ4v) is 2.74. The van der Waals surface area contributed by atoms with Gasteiger partial charge in [0.15, 0.2) is 0 Å². The molecule has 2 aromatic carbocycles. The Labute approximate surface area is 136 Å². The molecular formula is C19H21N3O.